The highest BCUT2D eigenvalue weighted by Gasteiger charge is 2.39. The summed E-state index contributed by atoms with van der Waals surface area (Å²) in [6.07, 6.45) is 1.19. The third-order valence-electron chi connectivity index (χ3n) is 4.85. The van der Waals surface area contributed by atoms with E-state index in [1.807, 2.05) is 57.5 Å². The molecule has 29 heavy (non-hydrogen) atoms. The van der Waals surface area contributed by atoms with E-state index >= 15 is 0 Å². The predicted molar refractivity (Wildman–Crippen MR) is 114 cm³/mol. The smallest absolute Gasteiger partial charge is 0.243 e. The maximum atomic E-state index is 12.7. The summed E-state index contributed by atoms with van der Waals surface area (Å²) in [5.74, 6) is -0.446. The lowest BCUT2D eigenvalue weighted by atomic mass is 9.91. The molecule has 1 saturated heterocycles. The molecular weight excluding hydrogens is 386 g/mol. The standard InChI is InChI=1S/C22H28N3O3S/c1-14-20(29-13-24-14)16-7-5-15(6-8-16)11-23-21(28)18-9-17(26)12-25(18)19(27)10-22(2,3)4/h5-8,10,13,17-18,26H,9,11-12H2,1-4H3,(H,23,28)/t17-,18+/m1/s1. The Morgan fingerprint density at radius 2 is 2.00 bits per heavy atom. The zero-order chi connectivity index (χ0) is 21.2. The van der Waals surface area contributed by atoms with Gasteiger partial charge in [-0.25, -0.2) is 4.98 Å². The molecule has 2 amide bonds. The summed E-state index contributed by atoms with van der Waals surface area (Å²) in [4.78, 5) is 32.1. The Morgan fingerprint density at radius 1 is 1.31 bits per heavy atom. The first-order valence-corrected chi connectivity index (χ1v) is 10.6. The highest BCUT2D eigenvalue weighted by atomic mass is 32.1. The van der Waals surface area contributed by atoms with Gasteiger partial charge in [0.25, 0.3) is 0 Å². The van der Waals surface area contributed by atoms with E-state index in [1.54, 1.807) is 17.8 Å². The van der Waals surface area contributed by atoms with Crippen LogP contribution in [-0.2, 0) is 16.1 Å². The Bertz CT molecular complexity index is 870. The van der Waals surface area contributed by atoms with Gasteiger partial charge in [-0.15, -0.1) is 11.3 Å². The van der Waals surface area contributed by atoms with E-state index in [0.717, 1.165) is 21.7 Å². The SMILES string of the molecule is Cc1ncsc1-c1ccc(CNC(=O)[C@@H]2C[C@@H](O)CN2C(=O)[CH]C(C)(C)C)cc1. The van der Waals surface area contributed by atoms with Crippen LogP contribution in [0.25, 0.3) is 10.4 Å². The number of nitrogens with zero attached hydrogens (tertiary/aromatic N) is 2. The second-order valence-electron chi connectivity index (χ2n) is 8.59. The molecule has 0 bridgehead atoms. The first-order chi connectivity index (χ1) is 13.6. The topological polar surface area (TPSA) is 82.5 Å². The molecule has 1 aliphatic heterocycles. The van der Waals surface area contributed by atoms with E-state index in [0.29, 0.717) is 6.54 Å². The summed E-state index contributed by atoms with van der Waals surface area (Å²) in [7, 11) is 0. The summed E-state index contributed by atoms with van der Waals surface area (Å²) >= 11 is 1.61. The third-order valence-corrected chi connectivity index (χ3v) is 5.83. The number of nitrogens with one attached hydrogen (secondary N) is 1. The van der Waals surface area contributed by atoms with Crippen molar-refractivity contribution in [2.24, 2.45) is 5.41 Å². The van der Waals surface area contributed by atoms with Crippen LogP contribution >= 0.6 is 11.3 Å². The van der Waals surface area contributed by atoms with E-state index in [1.165, 1.54) is 4.90 Å². The monoisotopic (exact) mass is 414 g/mol. The molecule has 2 heterocycles. The van der Waals surface area contributed by atoms with Gasteiger partial charge in [-0.1, -0.05) is 45.0 Å². The van der Waals surface area contributed by atoms with E-state index in [2.05, 4.69) is 10.3 Å². The van der Waals surface area contributed by atoms with Gasteiger partial charge < -0.3 is 15.3 Å². The molecule has 0 spiro atoms. The van der Waals surface area contributed by atoms with Crippen LogP contribution in [0.2, 0.25) is 0 Å². The molecule has 3 rings (SSSR count). The van der Waals surface area contributed by atoms with Crippen molar-refractivity contribution < 1.29 is 14.7 Å². The lowest BCUT2D eigenvalue weighted by Crippen LogP contribution is -2.46. The first-order valence-electron chi connectivity index (χ1n) is 9.76. The van der Waals surface area contributed by atoms with Crippen molar-refractivity contribution in [2.75, 3.05) is 6.54 Å². The minimum atomic E-state index is -0.676. The minimum Gasteiger partial charge on any atom is -0.391 e. The molecule has 6 nitrogen and oxygen atoms in total. The molecule has 0 aliphatic carbocycles. The summed E-state index contributed by atoms with van der Waals surface area (Å²) < 4.78 is 0. The number of carbonyl (C=O) groups is 2. The van der Waals surface area contributed by atoms with Gasteiger partial charge in [0.2, 0.25) is 11.8 Å². The Morgan fingerprint density at radius 3 is 2.59 bits per heavy atom. The molecule has 1 radical (unpaired) electrons. The van der Waals surface area contributed by atoms with Crippen molar-refractivity contribution in [1.82, 2.24) is 15.2 Å². The van der Waals surface area contributed by atoms with Gasteiger partial charge in [-0.2, -0.15) is 0 Å². The number of amides is 2. The molecule has 2 aromatic rings. The average Bonchev–Trinajstić information content (AvgIpc) is 3.24. The maximum absolute atomic E-state index is 12.7. The van der Waals surface area contributed by atoms with Crippen LogP contribution in [0.5, 0.6) is 0 Å². The number of hydrogen-bond donors (Lipinski definition) is 2. The van der Waals surface area contributed by atoms with Crippen LogP contribution in [0.4, 0.5) is 0 Å². The lowest BCUT2D eigenvalue weighted by Gasteiger charge is -2.27. The Kier molecular flexibility index (Phi) is 6.39. The van der Waals surface area contributed by atoms with Gasteiger partial charge in [0.05, 0.1) is 28.6 Å². The van der Waals surface area contributed by atoms with Gasteiger partial charge in [0, 0.05) is 19.5 Å². The van der Waals surface area contributed by atoms with E-state index in [-0.39, 0.29) is 30.2 Å². The molecule has 2 atom stereocenters. The van der Waals surface area contributed by atoms with Crippen molar-refractivity contribution in [3.05, 3.63) is 47.5 Å². The summed E-state index contributed by atoms with van der Waals surface area (Å²) in [6, 6.07) is 7.36. The van der Waals surface area contributed by atoms with Crippen molar-refractivity contribution in [3.63, 3.8) is 0 Å². The molecule has 155 valence electrons. The van der Waals surface area contributed by atoms with Gasteiger partial charge in [0.1, 0.15) is 6.04 Å². The number of aliphatic hydroxyl groups excluding tert-OH is 1. The molecule has 1 aromatic carbocycles. The fraction of sp³-hybridized carbons (Fsp3) is 0.455. The zero-order valence-electron chi connectivity index (χ0n) is 17.3. The first kappa shape index (κ1) is 21.5. The molecule has 1 aromatic heterocycles. The molecule has 1 aliphatic rings. The van der Waals surface area contributed by atoms with Crippen molar-refractivity contribution in [2.45, 2.75) is 52.8 Å². The number of aliphatic hydroxyl groups is 1. The van der Waals surface area contributed by atoms with Crippen LogP contribution in [-0.4, -0.2) is 45.5 Å². The van der Waals surface area contributed by atoms with Crippen molar-refractivity contribution in [3.8, 4) is 10.4 Å². The van der Waals surface area contributed by atoms with Crippen molar-refractivity contribution in [1.29, 1.82) is 0 Å². The number of rotatable bonds is 5. The Balaban J connectivity index is 1.60. The quantitative estimate of drug-likeness (QED) is 0.788. The zero-order valence-corrected chi connectivity index (χ0v) is 18.1. The number of benzene rings is 1. The lowest BCUT2D eigenvalue weighted by molar-refractivity contribution is -0.136. The van der Waals surface area contributed by atoms with Crippen LogP contribution < -0.4 is 5.32 Å². The molecule has 2 N–H and O–H groups in total. The minimum absolute atomic E-state index is 0.187. The second-order valence-corrected chi connectivity index (χ2v) is 9.44. The number of β-amino-alcohol motifs (C(OH)–C–C–N with tert-alkyl or cyclic N) is 1. The molecule has 0 saturated carbocycles. The highest BCUT2D eigenvalue weighted by Crippen LogP contribution is 2.27. The number of carbonyl (C=O) groups excluding carboxylic acids is 2. The van der Waals surface area contributed by atoms with Crippen molar-refractivity contribution >= 4 is 23.2 Å². The largest absolute Gasteiger partial charge is 0.391 e. The highest BCUT2D eigenvalue weighted by molar-refractivity contribution is 7.13. The number of thiazole rings is 1. The summed E-state index contributed by atoms with van der Waals surface area (Å²) in [5.41, 5.74) is 4.63. The summed E-state index contributed by atoms with van der Waals surface area (Å²) in [5, 5.41) is 12.9. The van der Waals surface area contributed by atoms with Crippen LogP contribution in [0.3, 0.4) is 0 Å². The van der Waals surface area contributed by atoms with E-state index < -0.39 is 12.1 Å². The Labute approximate surface area is 176 Å². The molecule has 0 unspecified atom stereocenters. The molecule has 7 heteroatoms. The number of likely N-dealkylation sites (tertiary alicyclic amines) is 1. The van der Waals surface area contributed by atoms with Crippen LogP contribution in [0.1, 0.15) is 38.4 Å². The number of aryl methyl sites for hydroxylation is 1. The fourth-order valence-electron chi connectivity index (χ4n) is 3.42. The number of aromatic nitrogens is 1. The Hall–Kier alpha value is -2.25. The predicted octanol–water partition coefficient (Wildman–Crippen LogP) is 2.95. The van der Waals surface area contributed by atoms with Gasteiger partial charge in [-0.3, -0.25) is 9.59 Å². The fourth-order valence-corrected chi connectivity index (χ4v) is 4.23. The van der Waals surface area contributed by atoms with Crippen LogP contribution in [0.15, 0.2) is 29.8 Å². The molecular formula is C22H28N3O3S. The average molecular weight is 415 g/mol. The van der Waals surface area contributed by atoms with Gasteiger partial charge in [0.15, 0.2) is 0 Å². The second kappa shape index (κ2) is 8.63. The number of hydrogen-bond acceptors (Lipinski definition) is 5. The third kappa shape index (κ3) is 5.42. The summed E-state index contributed by atoms with van der Waals surface area (Å²) in [6.45, 7) is 8.35. The van der Waals surface area contributed by atoms with Crippen LogP contribution in [0, 0.1) is 18.8 Å². The molecule has 1 fully saturated rings. The van der Waals surface area contributed by atoms with Gasteiger partial charge in [-0.05, 0) is 23.5 Å². The van der Waals surface area contributed by atoms with E-state index in [4.69, 9.17) is 0 Å². The van der Waals surface area contributed by atoms with E-state index in [9.17, 15) is 14.7 Å². The normalized spacial score (nSPS) is 19.4. The maximum Gasteiger partial charge on any atom is 0.243 e. The van der Waals surface area contributed by atoms with Gasteiger partial charge >= 0.3 is 0 Å².